The Hall–Kier alpha value is -3.55. The van der Waals surface area contributed by atoms with Gasteiger partial charge in [-0.05, 0) is 66.7 Å². The van der Waals surface area contributed by atoms with Gasteiger partial charge in [-0.2, -0.15) is 0 Å². The number of fused-ring (bicyclic) bond motifs is 1. The molecule has 2 amide bonds. The highest BCUT2D eigenvalue weighted by atomic mass is 35.5. The van der Waals surface area contributed by atoms with Crippen LogP contribution in [0.3, 0.4) is 0 Å². The van der Waals surface area contributed by atoms with Crippen molar-refractivity contribution < 1.29 is 9.59 Å². The second-order valence-corrected chi connectivity index (χ2v) is 9.63. The Balaban J connectivity index is 1.33. The molecule has 6 nitrogen and oxygen atoms in total. The van der Waals surface area contributed by atoms with E-state index in [1.165, 1.54) is 0 Å². The molecule has 0 aliphatic carbocycles. The molecule has 184 valence electrons. The highest BCUT2D eigenvalue weighted by Crippen LogP contribution is 2.28. The number of anilines is 2. The molecule has 5 aromatic rings. The smallest absolute Gasteiger partial charge is 0.258 e. The van der Waals surface area contributed by atoms with E-state index < -0.39 is 11.8 Å². The van der Waals surface area contributed by atoms with Crippen LogP contribution in [0.25, 0.3) is 22.4 Å². The van der Waals surface area contributed by atoms with Gasteiger partial charge in [0, 0.05) is 16.9 Å². The monoisotopic (exact) mass is 568 g/mol. The van der Waals surface area contributed by atoms with Crippen LogP contribution in [0.15, 0.2) is 78.9 Å². The SMILES string of the molecule is O=C(Nc1ccc(-c2nc3ccc(NC(=O)c4c(Cl)cccc4Cl)cc3[nH]2)cc1)c1c(Cl)cccc1Cl. The first-order valence-corrected chi connectivity index (χ1v) is 12.4. The molecular weight excluding hydrogens is 554 g/mol. The summed E-state index contributed by atoms with van der Waals surface area (Å²) in [5, 5.41) is 6.69. The number of imidazole rings is 1. The molecule has 37 heavy (non-hydrogen) atoms. The van der Waals surface area contributed by atoms with Crippen LogP contribution in [0.5, 0.6) is 0 Å². The molecule has 3 N–H and O–H groups in total. The first kappa shape index (κ1) is 25.1. The van der Waals surface area contributed by atoms with Crippen molar-refractivity contribution in [3.05, 3.63) is 110 Å². The summed E-state index contributed by atoms with van der Waals surface area (Å²) in [5.74, 6) is -0.190. The van der Waals surface area contributed by atoms with E-state index in [1.54, 1.807) is 66.7 Å². The zero-order chi connectivity index (χ0) is 26.1. The van der Waals surface area contributed by atoms with Gasteiger partial charge in [0.1, 0.15) is 5.82 Å². The van der Waals surface area contributed by atoms with Gasteiger partial charge in [0.25, 0.3) is 11.8 Å². The normalized spacial score (nSPS) is 10.9. The summed E-state index contributed by atoms with van der Waals surface area (Å²) >= 11 is 24.5. The fraction of sp³-hybridized carbons (Fsp3) is 0. The topological polar surface area (TPSA) is 86.9 Å². The largest absolute Gasteiger partial charge is 0.338 e. The molecule has 0 aliphatic rings. The number of halogens is 4. The molecule has 1 aromatic heterocycles. The number of rotatable bonds is 5. The lowest BCUT2D eigenvalue weighted by molar-refractivity contribution is 0.101. The molecule has 10 heteroatoms. The van der Waals surface area contributed by atoms with E-state index in [0.29, 0.717) is 17.2 Å². The van der Waals surface area contributed by atoms with Gasteiger partial charge in [0.15, 0.2) is 0 Å². The Kier molecular flexibility index (Phi) is 7.09. The number of hydrogen-bond donors (Lipinski definition) is 3. The Labute approximate surface area is 231 Å². The summed E-state index contributed by atoms with van der Waals surface area (Å²) in [5.41, 5.74) is 3.80. The average Bonchev–Trinajstić information content (AvgIpc) is 3.28. The van der Waals surface area contributed by atoms with Gasteiger partial charge < -0.3 is 15.6 Å². The second-order valence-electron chi connectivity index (χ2n) is 8.00. The van der Waals surface area contributed by atoms with Gasteiger partial charge >= 0.3 is 0 Å². The lowest BCUT2D eigenvalue weighted by Gasteiger charge is -2.09. The quantitative estimate of drug-likeness (QED) is 0.199. The van der Waals surface area contributed by atoms with Gasteiger partial charge in [-0.15, -0.1) is 0 Å². The first-order chi connectivity index (χ1) is 17.8. The first-order valence-electron chi connectivity index (χ1n) is 10.9. The minimum atomic E-state index is -0.412. The van der Waals surface area contributed by atoms with Crippen molar-refractivity contribution in [1.82, 2.24) is 9.97 Å². The predicted octanol–water partition coefficient (Wildman–Crippen LogP) is 8.35. The van der Waals surface area contributed by atoms with Gasteiger partial charge in [-0.3, -0.25) is 9.59 Å². The van der Waals surface area contributed by atoms with Crippen LogP contribution < -0.4 is 10.6 Å². The van der Waals surface area contributed by atoms with Gasteiger partial charge in [0.05, 0.1) is 42.3 Å². The van der Waals surface area contributed by atoms with E-state index >= 15 is 0 Å². The van der Waals surface area contributed by atoms with E-state index in [0.717, 1.165) is 16.6 Å². The number of nitrogens with one attached hydrogen (secondary N) is 3. The third kappa shape index (κ3) is 5.29. The molecule has 0 saturated heterocycles. The lowest BCUT2D eigenvalue weighted by atomic mass is 10.1. The molecule has 0 aliphatic heterocycles. The summed E-state index contributed by atoms with van der Waals surface area (Å²) in [4.78, 5) is 33.2. The Morgan fingerprint density at radius 3 is 1.68 bits per heavy atom. The number of carbonyl (C=O) groups is 2. The van der Waals surface area contributed by atoms with Crippen LogP contribution in [-0.2, 0) is 0 Å². The zero-order valence-electron chi connectivity index (χ0n) is 18.8. The molecule has 0 spiro atoms. The number of benzene rings is 4. The van der Waals surface area contributed by atoms with Crippen LogP contribution in [0.4, 0.5) is 11.4 Å². The van der Waals surface area contributed by atoms with Gasteiger partial charge in [-0.25, -0.2) is 4.98 Å². The Morgan fingerprint density at radius 1 is 0.649 bits per heavy atom. The second kappa shape index (κ2) is 10.4. The van der Waals surface area contributed by atoms with E-state index in [4.69, 9.17) is 46.4 Å². The highest BCUT2D eigenvalue weighted by Gasteiger charge is 2.16. The van der Waals surface area contributed by atoms with Crippen molar-refractivity contribution in [3.8, 4) is 11.4 Å². The molecule has 4 aromatic carbocycles. The van der Waals surface area contributed by atoms with Crippen LogP contribution in [0.2, 0.25) is 20.1 Å². The molecule has 0 radical (unpaired) electrons. The third-order valence-corrected chi connectivity index (χ3v) is 6.80. The fourth-order valence-corrected chi connectivity index (χ4v) is 4.89. The molecule has 0 unspecified atom stereocenters. The number of H-pyrrole nitrogens is 1. The van der Waals surface area contributed by atoms with Crippen molar-refractivity contribution in [2.75, 3.05) is 10.6 Å². The van der Waals surface area contributed by atoms with Crippen LogP contribution in [0, 0.1) is 0 Å². The fourth-order valence-electron chi connectivity index (χ4n) is 3.75. The van der Waals surface area contributed by atoms with Crippen molar-refractivity contribution in [2.45, 2.75) is 0 Å². The molecule has 5 rings (SSSR count). The maximum absolute atomic E-state index is 12.7. The van der Waals surface area contributed by atoms with Crippen LogP contribution >= 0.6 is 46.4 Å². The van der Waals surface area contributed by atoms with Crippen molar-refractivity contribution in [2.24, 2.45) is 0 Å². The third-order valence-electron chi connectivity index (χ3n) is 5.54. The predicted molar refractivity (Wildman–Crippen MR) is 150 cm³/mol. The van der Waals surface area contributed by atoms with E-state index in [1.807, 2.05) is 12.1 Å². The standard InChI is InChI=1S/C27H16Cl4N4O2/c28-17-3-1-4-18(29)23(17)26(36)32-15-9-7-14(8-10-15)25-34-21-12-11-16(13-22(21)35-25)33-27(37)24-19(30)5-2-6-20(24)31/h1-13H,(H,32,36)(H,33,37)(H,34,35). The number of aromatic nitrogens is 2. The summed E-state index contributed by atoms with van der Waals surface area (Å²) in [6.07, 6.45) is 0. The van der Waals surface area contributed by atoms with Crippen molar-refractivity contribution in [1.29, 1.82) is 0 Å². The summed E-state index contributed by atoms with van der Waals surface area (Å²) in [6.45, 7) is 0. The molecule has 0 atom stereocenters. The number of aromatic amines is 1. The van der Waals surface area contributed by atoms with Crippen molar-refractivity contribution >= 4 is 80.6 Å². The molecule has 1 heterocycles. The summed E-state index contributed by atoms with van der Waals surface area (Å²) < 4.78 is 0. The molecule has 0 saturated carbocycles. The van der Waals surface area contributed by atoms with Gasteiger partial charge in [0.2, 0.25) is 0 Å². The van der Waals surface area contributed by atoms with E-state index in [-0.39, 0.29) is 31.2 Å². The maximum atomic E-state index is 12.7. The number of nitrogens with zero attached hydrogens (tertiary/aromatic N) is 1. The number of amides is 2. The number of hydrogen-bond acceptors (Lipinski definition) is 3. The lowest BCUT2D eigenvalue weighted by Crippen LogP contribution is -2.13. The summed E-state index contributed by atoms with van der Waals surface area (Å²) in [7, 11) is 0. The van der Waals surface area contributed by atoms with Crippen LogP contribution in [0.1, 0.15) is 20.7 Å². The molecular formula is C27H16Cl4N4O2. The summed E-state index contributed by atoms with van der Waals surface area (Å²) in [6, 6.07) is 22.2. The van der Waals surface area contributed by atoms with Crippen LogP contribution in [-0.4, -0.2) is 21.8 Å². The average molecular weight is 570 g/mol. The highest BCUT2D eigenvalue weighted by molar-refractivity contribution is 6.41. The Bertz CT molecular complexity index is 1630. The van der Waals surface area contributed by atoms with Crippen molar-refractivity contribution in [3.63, 3.8) is 0 Å². The van der Waals surface area contributed by atoms with E-state index in [2.05, 4.69) is 20.6 Å². The number of carbonyl (C=O) groups excluding carboxylic acids is 2. The van der Waals surface area contributed by atoms with Gasteiger partial charge in [-0.1, -0.05) is 58.5 Å². The Morgan fingerprint density at radius 2 is 1.14 bits per heavy atom. The minimum absolute atomic E-state index is 0.209. The zero-order valence-corrected chi connectivity index (χ0v) is 21.8. The molecule has 0 bridgehead atoms. The minimum Gasteiger partial charge on any atom is -0.338 e. The maximum Gasteiger partial charge on any atom is 0.258 e. The molecule has 0 fully saturated rings. The van der Waals surface area contributed by atoms with E-state index in [9.17, 15) is 9.59 Å².